The van der Waals surface area contributed by atoms with Crippen molar-refractivity contribution in [1.82, 2.24) is 10.6 Å². The first-order valence-electron chi connectivity index (χ1n) is 6.50. The number of hydrogen-bond acceptors (Lipinski definition) is 4. The second kappa shape index (κ2) is 9.35. The van der Waals surface area contributed by atoms with E-state index in [4.69, 9.17) is 9.84 Å². The Morgan fingerprint density at radius 3 is 2.62 bits per heavy atom. The standard InChI is InChI=1S/C14H18N2O5/c17-10-16-12(13(18)19)7-4-8-15-14(20)21-9-11-5-2-1-3-6-11/h1-3,5-6,10,12H,4,7-9H2,(H,15,20)(H,16,17)(H,18,19)/t12-/m0/s1. The Bertz CT molecular complexity index is 464. The predicted octanol–water partition coefficient (Wildman–Crippen LogP) is 0.892. The molecule has 0 saturated carbocycles. The van der Waals surface area contributed by atoms with E-state index in [0.717, 1.165) is 5.56 Å². The number of carbonyl (C=O) groups excluding carboxylic acids is 2. The van der Waals surface area contributed by atoms with Gasteiger partial charge >= 0.3 is 12.1 Å². The Labute approximate surface area is 122 Å². The smallest absolute Gasteiger partial charge is 0.407 e. The first-order chi connectivity index (χ1) is 10.1. The Morgan fingerprint density at radius 2 is 2.00 bits per heavy atom. The van der Waals surface area contributed by atoms with Gasteiger partial charge in [0.05, 0.1) is 0 Å². The molecule has 7 nitrogen and oxygen atoms in total. The molecule has 2 amide bonds. The van der Waals surface area contributed by atoms with Gasteiger partial charge in [-0.3, -0.25) is 4.79 Å². The van der Waals surface area contributed by atoms with Crippen molar-refractivity contribution >= 4 is 18.5 Å². The number of amides is 2. The maximum absolute atomic E-state index is 11.4. The van der Waals surface area contributed by atoms with Gasteiger partial charge in [0.2, 0.25) is 6.41 Å². The molecule has 1 aromatic rings. The lowest BCUT2D eigenvalue weighted by Gasteiger charge is -2.11. The average molecular weight is 294 g/mol. The molecule has 0 fully saturated rings. The van der Waals surface area contributed by atoms with Crippen molar-refractivity contribution in [1.29, 1.82) is 0 Å². The number of carboxylic acids is 1. The Balaban J connectivity index is 2.15. The second-order valence-electron chi connectivity index (χ2n) is 4.31. The highest BCUT2D eigenvalue weighted by atomic mass is 16.5. The van der Waals surface area contributed by atoms with Crippen LogP contribution in [0.3, 0.4) is 0 Å². The fourth-order valence-electron chi connectivity index (χ4n) is 1.63. The lowest BCUT2D eigenvalue weighted by molar-refractivity contribution is -0.140. The molecule has 3 N–H and O–H groups in total. The van der Waals surface area contributed by atoms with Crippen molar-refractivity contribution in [2.24, 2.45) is 0 Å². The minimum atomic E-state index is -1.10. The molecule has 0 aliphatic rings. The largest absolute Gasteiger partial charge is 0.480 e. The summed E-state index contributed by atoms with van der Waals surface area (Å²) in [6.07, 6.45) is 0.431. The van der Waals surface area contributed by atoms with Crippen LogP contribution in [0.1, 0.15) is 18.4 Å². The number of nitrogens with one attached hydrogen (secondary N) is 2. The number of alkyl carbamates (subject to hydrolysis) is 1. The third-order valence-corrected chi connectivity index (χ3v) is 2.72. The van der Waals surface area contributed by atoms with Gasteiger partial charge in [-0.05, 0) is 18.4 Å². The molecule has 0 heterocycles. The minimum absolute atomic E-state index is 0.178. The van der Waals surface area contributed by atoms with Gasteiger partial charge in [-0.1, -0.05) is 30.3 Å². The summed E-state index contributed by atoms with van der Waals surface area (Å²) in [5.74, 6) is -1.10. The fraction of sp³-hybridized carbons (Fsp3) is 0.357. The van der Waals surface area contributed by atoms with E-state index >= 15 is 0 Å². The molecule has 0 aliphatic carbocycles. The van der Waals surface area contributed by atoms with Crippen molar-refractivity contribution in [3.05, 3.63) is 35.9 Å². The van der Waals surface area contributed by atoms with Crippen LogP contribution in [0.5, 0.6) is 0 Å². The molecule has 0 bridgehead atoms. The molecule has 114 valence electrons. The van der Waals surface area contributed by atoms with Crippen LogP contribution in [0.2, 0.25) is 0 Å². The van der Waals surface area contributed by atoms with Crippen LogP contribution in [0, 0.1) is 0 Å². The SMILES string of the molecule is O=CN[C@@H](CCCNC(=O)OCc1ccccc1)C(=O)O. The molecule has 0 radical (unpaired) electrons. The van der Waals surface area contributed by atoms with Crippen LogP contribution in [0.15, 0.2) is 30.3 Å². The molecule has 0 spiro atoms. The zero-order valence-corrected chi connectivity index (χ0v) is 11.5. The minimum Gasteiger partial charge on any atom is -0.480 e. The molecule has 1 atom stereocenters. The summed E-state index contributed by atoms with van der Waals surface area (Å²) in [6.45, 7) is 0.453. The summed E-state index contributed by atoms with van der Waals surface area (Å²) in [7, 11) is 0. The highest BCUT2D eigenvalue weighted by molar-refractivity contribution is 5.76. The Kier molecular flexibility index (Phi) is 7.34. The maximum atomic E-state index is 11.4. The number of carbonyl (C=O) groups is 3. The summed E-state index contributed by atoms with van der Waals surface area (Å²) in [5, 5.41) is 13.5. The number of rotatable bonds is 9. The lowest BCUT2D eigenvalue weighted by Crippen LogP contribution is -2.36. The molecular weight excluding hydrogens is 276 g/mol. The molecule has 0 aromatic heterocycles. The predicted molar refractivity (Wildman–Crippen MR) is 74.5 cm³/mol. The van der Waals surface area contributed by atoms with Gasteiger partial charge < -0.3 is 20.5 Å². The Morgan fingerprint density at radius 1 is 1.29 bits per heavy atom. The number of carboxylic acid groups (broad SMARTS) is 1. The first-order valence-corrected chi connectivity index (χ1v) is 6.50. The van der Waals surface area contributed by atoms with E-state index in [0.29, 0.717) is 12.8 Å². The molecule has 7 heteroatoms. The monoisotopic (exact) mass is 294 g/mol. The number of benzene rings is 1. The van der Waals surface area contributed by atoms with Crippen molar-refractivity contribution < 1.29 is 24.2 Å². The zero-order valence-electron chi connectivity index (χ0n) is 11.5. The van der Waals surface area contributed by atoms with Gasteiger partial charge in [0.1, 0.15) is 12.6 Å². The molecule has 0 aliphatic heterocycles. The molecule has 21 heavy (non-hydrogen) atoms. The van der Waals surface area contributed by atoms with Crippen molar-refractivity contribution in [2.75, 3.05) is 6.54 Å². The van der Waals surface area contributed by atoms with E-state index < -0.39 is 18.1 Å². The van der Waals surface area contributed by atoms with Gasteiger partial charge in [0.25, 0.3) is 0 Å². The topological polar surface area (TPSA) is 105 Å². The number of ether oxygens (including phenoxy) is 1. The number of hydrogen-bond donors (Lipinski definition) is 3. The third-order valence-electron chi connectivity index (χ3n) is 2.72. The normalized spacial score (nSPS) is 11.2. The van der Waals surface area contributed by atoms with Crippen LogP contribution in [-0.4, -0.2) is 36.2 Å². The van der Waals surface area contributed by atoms with Crippen molar-refractivity contribution in [3.8, 4) is 0 Å². The van der Waals surface area contributed by atoms with E-state index in [2.05, 4.69) is 10.6 Å². The second-order valence-corrected chi connectivity index (χ2v) is 4.31. The van der Waals surface area contributed by atoms with Gasteiger partial charge in [-0.15, -0.1) is 0 Å². The van der Waals surface area contributed by atoms with Crippen LogP contribution in [0.4, 0.5) is 4.79 Å². The third kappa shape index (κ3) is 6.95. The lowest BCUT2D eigenvalue weighted by atomic mass is 10.1. The Hall–Kier alpha value is -2.57. The molecular formula is C14H18N2O5. The first kappa shape index (κ1) is 16.5. The molecule has 0 saturated heterocycles. The van der Waals surface area contributed by atoms with Gasteiger partial charge in [-0.25, -0.2) is 9.59 Å². The fourth-order valence-corrected chi connectivity index (χ4v) is 1.63. The quantitative estimate of drug-likeness (QED) is 0.463. The van der Waals surface area contributed by atoms with E-state index in [1.165, 1.54) is 0 Å². The zero-order chi connectivity index (χ0) is 15.5. The van der Waals surface area contributed by atoms with Gasteiger partial charge in [0.15, 0.2) is 0 Å². The molecule has 1 rings (SSSR count). The molecule has 1 aromatic carbocycles. The summed E-state index contributed by atoms with van der Waals surface area (Å²) in [4.78, 5) is 32.4. The van der Waals surface area contributed by atoms with Crippen LogP contribution in [-0.2, 0) is 20.9 Å². The van der Waals surface area contributed by atoms with E-state index in [9.17, 15) is 14.4 Å². The van der Waals surface area contributed by atoms with Crippen LogP contribution in [0.25, 0.3) is 0 Å². The van der Waals surface area contributed by atoms with E-state index in [1.807, 2.05) is 30.3 Å². The van der Waals surface area contributed by atoms with E-state index in [1.54, 1.807) is 0 Å². The molecule has 0 unspecified atom stereocenters. The van der Waals surface area contributed by atoms with Crippen LogP contribution >= 0.6 is 0 Å². The summed E-state index contributed by atoms with van der Waals surface area (Å²) >= 11 is 0. The highest BCUT2D eigenvalue weighted by Gasteiger charge is 2.15. The van der Waals surface area contributed by atoms with Gasteiger partial charge in [0, 0.05) is 6.54 Å². The van der Waals surface area contributed by atoms with E-state index in [-0.39, 0.29) is 19.6 Å². The summed E-state index contributed by atoms with van der Waals surface area (Å²) in [6, 6.07) is 8.32. The summed E-state index contributed by atoms with van der Waals surface area (Å²) < 4.78 is 4.99. The van der Waals surface area contributed by atoms with Crippen molar-refractivity contribution in [2.45, 2.75) is 25.5 Å². The average Bonchev–Trinajstić information content (AvgIpc) is 2.49. The highest BCUT2D eigenvalue weighted by Crippen LogP contribution is 2.01. The number of aliphatic carboxylic acids is 1. The van der Waals surface area contributed by atoms with Gasteiger partial charge in [-0.2, -0.15) is 0 Å². The van der Waals surface area contributed by atoms with Crippen LogP contribution < -0.4 is 10.6 Å². The van der Waals surface area contributed by atoms with Crippen molar-refractivity contribution in [3.63, 3.8) is 0 Å². The summed E-state index contributed by atoms with van der Waals surface area (Å²) in [5.41, 5.74) is 0.883. The maximum Gasteiger partial charge on any atom is 0.407 e.